The van der Waals surface area contributed by atoms with Crippen LogP contribution in [-0.2, 0) is 14.3 Å². The molecule has 2 amide bonds. The van der Waals surface area contributed by atoms with E-state index in [-0.39, 0.29) is 17.5 Å². The zero-order valence-electron chi connectivity index (χ0n) is 11.6. The SMILES string of the molecule is O=C(Nc1ccc(N2CCCC2=O)c(F)c1)[C@@H]1CCCO1. The van der Waals surface area contributed by atoms with Gasteiger partial charge in [0.2, 0.25) is 5.91 Å². The average Bonchev–Trinajstić information content (AvgIpc) is 3.10. The summed E-state index contributed by atoms with van der Waals surface area (Å²) in [6, 6.07) is 4.38. The second-order valence-electron chi connectivity index (χ2n) is 5.31. The first-order valence-corrected chi connectivity index (χ1v) is 7.17. The Hall–Kier alpha value is -1.95. The van der Waals surface area contributed by atoms with E-state index in [0.29, 0.717) is 31.7 Å². The molecule has 5 nitrogen and oxygen atoms in total. The summed E-state index contributed by atoms with van der Waals surface area (Å²) in [6.45, 7) is 1.12. The summed E-state index contributed by atoms with van der Waals surface area (Å²) in [5, 5.41) is 2.65. The third-order valence-corrected chi connectivity index (χ3v) is 3.80. The van der Waals surface area contributed by atoms with Crippen molar-refractivity contribution in [2.24, 2.45) is 0 Å². The van der Waals surface area contributed by atoms with Gasteiger partial charge in [0.25, 0.3) is 5.91 Å². The zero-order chi connectivity index (χ0) is 14.8. The molecule has 2 heterocycles. The predicted octanol–water partition coefficient (Wildman–Crippen LogP) is 2.07. The molecule has 3 rings (SSSR count). The maximum atomic E-state index is 14.1. The highest BCUT2D eigenvalue weighted by Crippen LogP contribution is 2.27. The van der Waals surface area contributed by atoms with Crippen molar-refractivity contribution in [1.82, 2.24) is 0 Å². The number of halogens is 1. The van der Waals surface area contributed by atoms with Crippen molar-refractivity contribution in [3.05, 3.63) is 24.0 Å². The van der Waals surface area contributed by atoms with Crippen LogP contribution < -0.4 is 10.2 Å². The van der Waals surface area contributed by atoms with Crippen LogP contribution in [0, 0.1) is 5.82 Å². The summed E-state index contributed by atoms with van der Waals surface area (Å²) >= 11 is 0. The first-order valence-electron chi connectivity index (χ1n) is 7.17. The van der Waals surface area contributed by atoms with Crippen LogP contribution >= 0.6 is 0 Å². The van der Waals surface area contributed by atoms with E-state index >= 15 is 0 Å². The fourth-order valence-corrected chi connectivity index (χ4v) is 2.71. The number of anilines is 2. The van der Waals surface area contributed by atoms with Gasteiger partial charge in [0.1, 0.15) is 11.9 Å². The van der Waals surface area contributed by atoms with Gasteiger partial charge in [-0.05, 0) is 37.5 Å². The van der Waals surface area contributed by atoms with E-state index in [1.807, 2.05) is 0 Å². The van der Waals surface area contributed by atoms with Gasteiger partial charge < -0.3 is 15.0 Å². The lowest BCUT2D eigenvalue weighted by molar-refractivity contribution is -0.124. The minimum Gasteiger partial charge on any atom is -0.368 e. The van der Waals surface area contributed by atoms with Crippen molar-refractivity contribution in [2.45, 2.75) is 31.8 Å². The van der Waals surface area contributed by atoms with Gasteiger partial charge in [0, 0.05) is 25.3 Å². The molecule has 0 bridgehead atoms. The minimum atomic E-state index is -0.504. The first kappa shape index (κ1) is 14.0. The monoisotopic (exact) mass is 292 g/mol. The fourth-order valence-electron chi connectivity index (χ4n) is 2.71. The van der Waals surface area contributed by atoms with E-state index < -0.39 is 11.9 Å². The topological polar surface area (TPSA) is 58.6 Å². The van der Waals surface area contributed by atoms with Gasteiger partial charge in [0.15, 0.2) is 0 Å². The van der Waals surface area contributed by atoms with Crippen LogP contribution in [0.25, 0.3) is 0 Å². The van der Waals surface area contributed by atoms with Crippen molar-refractivity contribution >= 4 is 23.2 Å². The van der Waals surface area contributed by atoms with Gasteiger partial charge in [-0.3, -0.25) is 9.59 Å². The van der Waals surface area contributed by atoms with Crippen LogP contribution in [0.2, 0.25) is 0 Å². The van der Waals surface area contributed by atoms with Gasteiger partial charge in [-0.2, -0.15) is 0 Å². The van der Waals surface area contributed by atoms with Crippen LogP contribution in [-0.4, -0.2) is 31.1 Å². The number of hydrogen-bond donors (Lipinski definition) is 1. The molecule has 0 aliphatic carbocycles. The standard InChI is InChI=1S/C15H17FN2O3/c16-11-9-10(17-15(20)13-3-2-8-21-13)5-6-12(11)18-7-1-4-14(18)19/h5-6,9,13H,1-4,7-8H2,(H,17,20)/t13-/m0/s1. The number of nitrogens with zero attached hydrogens (tertiary/aromatic N) is 1. The molecule has 1 atom stereocenters. The molecule has 0 unspecified atom stereocenters. The second-order valence-corrected chi connectivity index (χ2v) is 5.31. The fraction of sp³-hybridized carbons (Fsp3) is 0.467. The molecule has 2 fully saturated rings. The Morgan fingerprint density at radius 3 is 2.86 bits per heavy atom. The number of hydrogen-bond acceptors (Lipinski definition) is 3. The molecule has 0 saturated carbocycles. The predicted molar refractivity (Wildman–Crippen MR) is 75.6 cm³/mol. The largest absolute Gasteiger partial charge is 0.368 e. The number of rotatable bonds is 3. The lowest BCUT2D eigenvalue weighted by Gasteiger charge is -2.17. The third kappa shape index (κ3) is 2.90. The lowest BCUT2D eigenvalue weighted by Crippen LogP contribution is -2.27. The van der Waals surface area contributed by atoms with Gasteiger partial charge >= 0.3 is 0 Å². The van der Waals surface area contributed by atoms with Crippen LogP contribution in [0.5, 0.6) is 0 Å². The van der Waals surface area contributed by atoms with E-state index in [0.717, 1.165) is 12.8 Å². The molecule has 21 heavy (non-hydrogen) atoms. The Morgan fingerprint density at radius 1 is 1.38 bits per heavy atom. The molecule has 2 aliphatic heterocycles. The highest BCUT2D eigenvalue weighted by molar-refractivity contribution is 5.97. The normalized spacial score (nSPS) is 21.9. The lowest BCUT2D eigenvalue weighted by atomic mass is 10.2. The molecule has 0 aromatic heterocycles. The molecule has 6 heteroatoms. The number of ether oxygens (including phenoxy) is 1. The minimum absolute atomic E-state index is 0.0648. The summed E-state index contributed by atoms with van der Waals surface area (Å²) in [7, 11) is 0. The maximum absolute atomic E-state index is 14.1. The molecule has 0 spiro atoms. The zero-order valence-corrected chi connectivity index (χ0v) is 11.6. The van der Waals surface area contributed by atoms with Crippen molar-refractivity contribution < 1.29 is 18.7 Å². The summed E-state index contributed by atoms with van der Waals surface area (Å²) in [5.41, 5.74) is 0.649. The Bertz CT molecular complexity index is 570. The van der Waals surface area contributed by atoms with Crippen LogP contribution in [0.3, 0.4) is 0 Å². The van der Waals surface area contributed by atoms with Crippen LogP contribution in [0.1, 0.15) is 25.7 Å². The molecule has 1 aromatic rings. The van der Waals surface area contributed by atoms with Crippen LogP contribution in [0.4, 0.5) is 15.8 Å². The number of benzene rings is 1. The Morgan fingerprint density at radius 2 is 2.24 bits per heavy atom. The van der Waals surface area contributed by atoms with Crippen LogP contribution in [0.15, 0.2) is 18.2 Å². The molecule has 112 valence electrons. The number of carbonyl (C=O) groups excluding carboxylic acids is 2. The molecule has 1 N–H and O–H groups in total. The molecule has 0 radical (unpaired) electrons. The van der Waals surface area contributed by atoms with E-state index in [1.54, 1.807) is 6.07 Å². The summed E-state index contributed by atoms with van der Waals surface area (Å²) in [4.78, 5) is 25.0. The summed E-state index contributed by atoms with van der Waals surface area (Å²) in [6.07, 6.45) is 2.30. The molecule has 2 aliphatic rings. The summed E-state index contributed by atoms with van der Waals surface area (Å²) < 4.78 is 19.4. The molecule has 2 saturated heterocycles. The first-order chi connectivity index (χ1) is 10.1. The Kier molecular flexibility index (Phi) is 3.88. The highest BCUT2D eigenvalue weighted by atomic mass is 19.1. The van der Waals surface area contributed by atoms with Gasteiger partial charge in [0.05, 0.1) is 5.69 Å². The average molecular weight is 292 g/mol. The maximum Gasteiger partial charge on any atom is 0.253 e. The van der Waals surface area contributed by atoms with Crippen molar-refractivity contribution in [3.63, 3.8) is 0 Å². The smallest absolute Gasteiger partial charge is 0.253 e. The van der Waals surface area contributed by atoms with Crippen molar-refractivity contribution in [2.75, 3.05) is 23.4 Å². The van der Waals surface area contributed by atoms with Crippen molar-refractivity contribution in [3.8, 4) is 0 Å². The van der Waals surface area contributed by atoms with E-state index in [9.17, 15) is 14.0 Å². The quantitative estimate of drug-likeness (QED) is 0.928. The van der Waals surface area contributed by atoms with Gasteiger partial charge in [-0.1, -0.05) is 0 Å². The van der Waals surface area contributed by atoms with E-state index in [1.165, 1.54) is 17.0 Å². The highest BCUT2D eigenvalue weighted by Gasteiger charge is 2.26. The Balaban J connectivity index is 1.71. The Labute approximate surface area is 122 Å². The number of carbonyl (C=O) groups is 2. The molecular weight excluding hydrogens is 275 g/mol. The van der Waals surface area contributed by atoms with Gasteiger partial charge in [-0.25, -0.2) is 4.39 Å². The van der Waals surface area contributed by atoms with Crippen molar-refractivity contribution in [1.29, 1.82) is 0 Å². The van der Waals surface area contributed by atoms with Gasteiger partial charge in [-0.15, -0.1) is 0 Å². The number of nitrogens with one attached hydrogen (secondary N) is 1. The molecule has 1 aromatic carbocycles. The van der Waals surface area contributed by atoms with E-state index in [2.05, 4.69) is 5.32 Å². The number of amides is 2. The molecular formula is C15H17FN2O3. The third-order valence-electron chi connectivity index (χ3n) is 3.80. The summed E-state index contributed by atoms with van der Waals surface area (Å²) in [5.74, 6) is -0.822. The van der Waals surface area contributed by atoms with E-state index in [4.69, 9.17) is 4.74 Å². The second kappa shape index (κ2) is 5.81.